The second-order valence-electron chi connectivity index (χ2n) is 5.41. The third-order valence-corrected chi connectivity index (χ3v) is 4.05. The number of benzene rings is 1. The molecule has 0 aliphatic carbocycles. The Balaban J connectivity index is 1.94. The summed E-state index contributed by atoms with van der Waals surface area (Å²) in [7, 11) is 1.58. The van der Waals surface area contributed by atoms with Crippen LogP contribution < -0.4 is 10.1 Å². The van der Waals surface area contributed by atoms with Crippen LogP contribution in [0, 0.1) is 0 Å². The van der Waals surface area contributed by atoms with Crippen LogP contribution in [0.15, 0.2) is 24.3 Å². The predicted octanol–water partition coefficient (Wildman–Crippen LogP) is 1.19. The Morgan fingerprint density at radius 3 is 2.41 bits per heavy atom. The van der Waals surface area contributed by atoms with E-state index in [1.165, 1.54) is 0 Å². The molecule has 6 heteroatoms. The number of anilines is 1. The van der Waals surface area contributed by atoms with Gasteiger partial charge in [-0.1, -0.05) is 12.1 Å². The number of carbonyl (C=O) groups is 2. The van der Waals surface area contributed by atoms with Crippen LogP contribution in [0.3, 0.4) is 0 Å². The SMILES string of the molecule is COc1ccccc1NC(=O)C(C)N1CCN(C(C)=O)CC1. The summed E-state index contributed by atoms with van der Waals surface area (Å²) in [5, 5.41) is 2.91. The molecule has 1 fully saturated rings. The number of nitrogens with one attached hydrogen (secondary N) is 1. The van der Waals surface area contributed by atoms with Gasteiger partial charge in [0.2, 0.25) is 11.8 Å². The molecule has 120 valence electrons. The van der Waals surface area contributed by atoms with E-state index in [1.807, 2.05) is 31.2 Å². The van der Waals surface area contributed by atoms with Gasteiger partial charge in [-0.05, 0) is 19.1 Å². The molecule has 1 saturated heterocycles. The summed E-state index contributed by atoms with van der Waals surface area (Å²) in [6, 6.07) is 7.09. The zero-order valence-electron chi connectivity index (χ0n) is 13.3. The van der Waals surface area contributed by atoms with Crippen molar-refractivity contribution in [2.45, 2.75) is 19.9 Å². The number of methoxy groups -OCH3 is 1. The van der Waals surface area contributed by atoms with E-state index in [9.17, 15) is 9.59 Å². The monoisotopic (exact) mass is 305 g/mol. The van der Waals surface area contributed by atoms with Gasteiger partial charge in [-0.2, -0.15) is 0 Å². The number of rotatable bonds is 4. The van der Waals surface area contributed by atoms with E-state index in [4.69, 9.17) is 4.74 Å². The van der Waals surface area contributed by atoms with Crippen molar-refractivity contribution in [3.63, 3.8) is 0 Å². The first kappa shape index (κ1) is 16.3. The highest BCUT2D eigenvalue weighted by Gasteiger charge is 2.26. The molecule has 0 saturated carbocycles. The molecule has 1 aliphatic heterocycles. The van der Waals surface area contributed by atoms with E-state index < -0.39 is 0 Å². The Morgan fingerprint density at radius 2 is 1.82 bits per heavy atom. The number of hydrogen-bond acceptors (Lipinski definition) is 4. The van der Waals surface area contributed by atoms with Crippen LogP contribution in [0.25, 0.3) is 0 Å². The van der Waals surface area contributed by atoms with Crippen LogP contribution in [-0.4, -0.2) is 60.9 Å². The second-order valence-corrected chi connectivity index (χ2v) is 5.41. The Hall–Kier alpha value is -2.08. The maximum atomic E-state index is 12.4. The highest BCUT2D eigenvalue weighted by molar-refractivity contribution is 5.95. The fourth-order valence-corrected chi connectivity index (χ4v) is 2.58. The predicted molar refractivity (Wildman–Crippen MR) is 84.9 cm³/mol. The summed E-state index contributed by atoms with van der Waals surface area (Å²) in [4.78, 5) is 27.6. The molecule has 1 heterocycles. The molecule has 0 radical (unpaired) electrons. The molecule has 2 rings (SSSR count). The summed E-state index contributed by atoms with van der Waals surface area (Å²) in [5.74, 6) is 0.663. The van der Waals surface area contributed by atoms with Gasteiger partial charge in [0.05, 0.1) is 18.8 Å². The lowest BCUT2D eigenvalue weighted by molar-refractivity contribution is -0.131. The minimum absolute atomic E-state index is 0.0687. The molecule has 0 aromatic heterocycles. The molecule has 1 aromatic rings. The molecule has 1 N–H and O–H groups in total. The van der Waals surface area contributed by atoms with Crippen molar-refractivity contribution in [3.8, 4) is 5.75 Å². The molecule has 1 aliphatic rings. The van der Waals surface area contributed by atoms with Gasteiger partial charge >= 0.3 is 0 Å². The van der Waals surface area contributed by atoms with E-state index in [1.54, 1.807) is 18.9 Å². The summed E-state index contributed by atoms with van der Waals surface area (Å²) < 4.78 is 5.24. The van der Waals surface area contributed by atoms with Crippen LogP contribution in [0.1, 0.15) is 13.8 Å². The number of piperazine rings is 1. The van der Waals surface area contributed by atoms with Gasteiger partial charge in [-0.25, -0.2) is 0 Å². The average molecular weight is 305 g/mol. The summed E-state index contributed by atoms with van der Waals surface area (Å²) in [6.45, 7) is 6.21. The summed E-state index contributed by atoms with van der Waals surface area (Å²) in [6.07, 6.45) is 0. The maximum absolute atomic E-state index is 12.4. The minimum Gasteiger partial charge on any atom is -0.495 e. The van der Waals surface area contributed by atoms with Gasteiger partial charge in [0.25, 0.3) is 0 Å². The zero-order valence-corrected chi connectivity index (χ0v) is 13.3. The Morgan fingerprint density at radius 1 is 1.18 bits per heavy atom. The highest BCUT2D eigenvalue weighted by atomic mass is 16.5. The number of amides is 2. The fraction of sp³-hybridized carbons (Fsp3) is 0.500. The van der Waals surface area contributed by atoms with E-state index in [2.05, 4.69) is 10.2 Å². The number of nitrogens with zero attached hydrogens (tertiary/aromatic N) is 2. The van der Waals surface area contributed by atoms with E-state index in [-0.39, 0.29) is 17.9 Å². The first-order valence-electron chi connectivity index (χ1n) is 7.46. The van der Waals surface area contributed by atoms with Gasteiger partial charge in [0, 0.05) is 33.1 Å². The topological polar surface area (TPSA) is 61.9 Å². The fourth-order valence-electron chi connectivity index (χ4n) is 2.58. The lowest BCUT2D eigenvalue weighted by Gasteiger charge is -2.37. The molecule has 0 spiro atoms. The molecular formula is C16H23N3O3. The Bertz CT molecular complexity index is 539. The third-order valence-electron chi connectivity index (χ3n) is 4.05. The van der Waals surface area contributed by atoms with Crippen molar-refractivity contribution < 1.29 is 14.3 Å². The lowest BCUT2D eigenvalue weighted by Crippen LogP contribution is -2.53. The number of ether oxygens (including phenoxy) is 1. The molecule has 22 heavy (non-hydrogen) atoms. The highest BCUT2D eigenvalue weighted by Crippen LogP contribution is 2.23. The van der Waals surface area contributed by atoms with Crippen LogP contribution in [-0.2, 0) is 9.59 Å². The van der Waals surface area contributed by atoms with E-state index in [0.717, 1.165) is 0 Å². The molecule has 1 aromatic carbocycles. The van der Waals surface area contributed by atoms with Gasteiger partial charge in [0.1, 0.15) is 5.75 Å². The van der Waals surface area contributed by atoms with Crippen LogP contribution >= 0.6 is 0 Å². The zero-order chi connectivity index (χ0) is 16.1. The van der Waals surface area contributed by atoms with Gasteiger partial charge < -0.3 is 15.0 Å². The van der Waals surface area contributed by atoms with E-state index in [0.29, 0.717) is 37.6 Å². The van der Waals surface area contributed by atoms with Crippen molar-refractivity contribution in [2.75, 3.05) is 38.6 Å². The van der Waals surface area contributed by atoms with Gasteiger partial charge in [-0.15, -0.1) is 0 Å². The molecule has 6 nitrogen and oxygen atoms in total. The summed E-state index contributed by atoms with van der Waals surface area (Å²) in [5.41, 5.74) is 0.671. The standard InChI is InChI=1S/C16H23N3O3/c1-12(18-8-10-19(11-9-18)13(2)20)16(21)17-14-6-4-5-7-15(14)22-3/h4-7,12H,8-11H2,1-3H3,(H,17,21). The molecular weight excluding hydrogens is 282 g/mol. The first-order chi connectivity index (χ1) is 10.5. The maximum Gasteiger partial charge on any atom is 0.241 e. The molecule has 2 amide bonds. The smallest absolute Gasteiger partial charge is 0.241 e. The first-order valence-corrected chi connectivity index (χ1v) is 7.46. The van der Waals surface area contributed by atoms with Gasteiger partial charge in [-0.3, -0.25) is 14.5 Å². The minimum atomic E-state index is -0.251. The van der Waals surface area contributed by atoms with Crippen molar-refractivity contribution in [1.82, 2.24) is 9.80 Å². The second kappa shape index (κ2) is 7.26. The third kappa shape index (κ3) is 3.76. The molecule has 1 unspecified atom stereocenters. The molecule has 0 bridgehead atoms. The van der Waals surface area contributed by atoms with Crippen LogP contribution in [0.2, 0.25) is 0 Å². The lowest BCUT2D eigenvalue weighted by atomic mass is 10.2. The van der Waals surface area contributed by atoms with Crippen molar-refractivity contribution >= 4 is 17.5 Å². The van der Waals surface area contributed by atoms with E-state index >= 15 is 0 Å². The largest absolute Gasteiger partial charge is 0.495 e. The number of carbonyl (C=O) groups excluding carboxylic acids is 2. The molecule has 1 atom stereocenters. The Labute approximate surface area is 131 Å². The van der Waals surface area contributed by atoms with Crippen LogP contribution in [0.4, 0.5) is 5.69 Å². The van der Waals surface area contributed by atoms with Crippen molar-refractivity contribution in [2.24, 2.45) is 0 Å². The van der Waals surface area contributed by atoms with Crippen LogP contribution in [0.5, 0.6) is 5.75 Å². The number of para-hydroxylation sites is 2. The normalized spacial score (nSPS) is 17.0. The van der Waals surface area contributed by atoms with Gasteiger partial charge in [0.15, 0.2) is 0 Å². The van der Waals surface area contributed by atoms with Crippen molar-refractivity contribution in [1.29, 1.82) is 0 Å². The summed E-state index contributed by atoms with van der Waals surface area (Å²) >= 11 is 0. The van der Waals surface area contributed by atoms with Crippen molar-refractivity contribution in [3.05, 3.63) is 24.3 Å². The Kier molecular flexibility index (Phi) is 5.38. The quantitative estimate of drug-likeness (QED) is 0.907. The number of hydrogen-bond donors (Lipinski definition) is 1. The average Bonchev–Trinajstić information content (AvgIpc) is 2.54.